The highest BCUT2D eigenvalue weighted by Gasteiger charge is 2.19. The van der Waals surface area contributed by atoms with Gasteiger partial charge in [0.05, 0.1) is 11.2 Å². The van der Waals surface area contributed by atoms with E-state index in [0.29, 0.717) is 12.5 Å². The summed E-state index contributed by atoms with van der Waals surface area (Å²) in [7, 11) is 0. The van der Waals surface area contributed by atoms with E-state index >= 15 is 0 Å². The smallest absolute Gasteiger partial charge is 0.226 e. The molecule has 0 spiro atoms. The van der Waals surface area contributed by atoms with E-state index < -0.39 is 11.6 Å². The number of benzene rings is 2. The summed E-state index contributed by atoms with van der Waals surface area (Å²) in [5.41, 5.74) is 2.23. The van der Waals surface area contributed by atoms with Crippen LogP contribution in [0.2, 0.25) is 0 Å². The van der Waals surface area contributed by atoms with Crippen molar-refractivity contribution in [2.75, 3.05) is 18.0 Å². The summed E-state index contributed by atoms with van der Waals surface area (Å²) in [6.07, 6.45) is 2.85. The first-order valence-electron chi connectivity index (χ1n) is 9.86. The second-order valence-corrected chi connectivity index (χ2v) is 7.51. The van der Waals surface area contributed by atoms with Crippen molar-refractivity contribution in [1.29, 1.82) is 0 Å². The molecule has 1 saturated heterocycles. The lowest BCUT2D eigenvalue weighted by atomic mass is 10.1. The molecule has 1 fully saturated rings. The minimum absolute atomic E-state index is 0.281. The quantitative estimate of drug-likeness (QED) is 0.700. The lowest BCUT2D eigenvalue weighted by Gasteiger charge is -2.21. The summed E-state index contributed by atoms with van der Waals surface area (Å²) < 4.78 is 39.9. The zero-order valence-electron chi connectivity index (χ0n) is 16.3. The average Bonchev–Trinajstić information content (AvgIpc) is 2.95. The van der Waals surface area contributed by atoms with E-state index in [4.69, 9.17) is 0 Å². The van der Waals surface area contributed by atoms with Gasteiger partial charge >= 0.3 is 0 Å². The second-order valence-electron chi connectivity index (χ2n) is 7.51. The molecule has 0 unspecified atom stereocenters. The number of hydrogen-bond donors (Lipinski definition) is 1. The van der Waals surface area contributed by atoms with E-state index in [1.54, 1.807) is 12.1 Å². The molecule has 4 nitrogen and oxygen atoms in total. The van der Waals surface area contributed by atoms with Crippen LogP contribution in [0.15, 0.2) is 36.4 Å². The molecule has 1 aromatic heterocycles. The Morgan fingerprint density at radius 3 is 2.69 bits per heavy atom. The minimum Gasteiger partial charge on any atom is -0.341 e. The van der Waals surface area contributed by atoms with E-state index in [1.807, 2.05) is 6.92 Å². The molecule has 1 atom stereocenters. The van der Waals surface area contributed by atoms with Gasteiger partial charge in [0.15, 0.2) is 11.6 Å². The first-order valence-corrected chi connectivity index (χ1v) is 9.86. The second kappa shape index (κ2) is 8.37. The van der Waals surface area contributed by atoms with Gasteiger partial charge in [-0.25, -0.2) is 23.1 Å². The third kappa shape index (κ3) is 4.50. The number of hydrogen-bond acceptors (Lipinski definition) is 4. The Hall–Kier alpha value is -2.67. The van der Waals surface area contributed by atoms with Gasteiger partial charge in [0.25, 0.3) is 0 Å². The zero-order chi connectivity index (χ0) is 20.4. The van der Waals surface area contributed by atoms with Crippen LogP contribution in [0.3, 0.4) is 0 Å². The van der Waals surface area contributed by atoms with Crippen molar-refractivity contribution >= 4 is 16.9 Å². The van der Waals surface area contributed by atoms with Crippen LogP contribution in [0.4, 0.5) is 19.1 Å². The van der Waals surface area contributed by atoms with E-state index in [1.165, 1.54) is 18.2 Å². The fraction of sp³-hybridized carbons (Fsp3) is 0.364. The monoisotopic (exact) mass is 400 g/mol. The number of fused-ring (bicyclic) bond motifs is 1. The van der Waals surface area contributed by atoms with Crippen molar-refractivity contribution in [3.8, 4) is 0 Å². The molecular formula is C22H23F3N4. The van der Waals surface area contributed by atoms with Crippen LogP contribution in [0, 0.1) is 24.4 Å². The van der Waals surface area contributed by atoms with E-state index in [0.717, 1.165) is 60.6 Å². The fourth-order valence-corrected chi connectivity index (χ4v) is 3.79. The number of anilines is 1. The number of halogens is 3. The van der Waals surface area contributed by atoms with Gasteiger partial charge in [-0.3, -0.25) is 0 Å². The summed E-state index contributed by atoms with van der Waals surface area (Å²) >= 11 is 0. The highest BCUT2D eigenvalue weighted by molar-refractivity contribution is 5.81. The molecule has 2 aromatic carbocycles. The topological polar surface area (TPSA) is 41.1 Å². The molecule has 4 rings (SSSR count). The van der Waals surface area contributed by atoms with Crippen molar-refractivity contribution in [2.24, 2.45) is 0 Å². The molecule has 1 aliphatic rings. The average molecular weight is 400 g/mol. The standard InChI is InChI=1S/C22H23F3N4/c1-14-18-12-16(23)5-7-21(18)28-22(27-14)29-9-2-3-17(8-10-29)26-13-15-4-6-19(24)20(25)11-15/h4-7,11-12,17,26H,2-3,8-10,13H2,1H3/t17-/m0/s1. The maximum Gasteiger partial charge on any atom is 0.226 e. The largest absolute Gasteiger partial charge is 0.341 e. The van der Waals surface area contributed by atoms with Crippen molar-refractivity contribution < 1.29 is 13.2 Å². The van der Waals surface area contributed by atoms with Crippen molar-refractivity contribution in [1.82, 2.24) is 15.3 Å². The molecule has 0 bridgehead atoms. The summed E-state index contributed by atoms with van der Waals surface area (Å²) in [4.78, 5) is 11.4. The number of aromatic nitrogens is 2. The number of aryl methyl sites for hydroxylation is 1. The Morgan fingerprint density at radius 1 is 1.00 bits per heavy atom. The van der Waals surface area contributed by atoms with Crippen molar-refractivity contribution in [2.45, 2.75) is 38.8 Å². The van der Waals surface area contributed by atoms with Gasteiger partial charge in [-0.15, -0.1) is 0 Å². The zero-order valence-corrected chi connectivity index (χ0v) is 16.3. The van der Waals surface area contributed by atoms with Gasteiger partial charge in [-0.05, 0) is 62.1 Å². The van der Waals surface area contributed by atoms with E-state index in [9.17, 15) is 13.2 Å². The maximum absolute atomic E-state index is 13.5. The van der Waals surface area contributed by atoms with Crippen LogP contribution in [0.25, 0.3) is 10.9 Å². The normalized spacial score (nSPS) is 17.5. The Labute approximate surface area is 167 Å². The van der Waals surface area contributed by atoms with Gasteiger partial charge in [0, 0.05) is 31.1 Å². The summed E-state index contributed by atoms with van der Waals surface area (Å²) in [5, 5.41) is 4.18. The number of nitrogens with one attached hydrogen (secondary N) is 1. The molecule has 0 saturated carbocycles. The molecule has 0 radical (unpaired) electrons. The van der Waals surface area contributed by atoms with Crippen LogP contribution in [0.5, 0.6) is 0 Å². The third-order valence-electron chi connectivity index (χ3n) is 5.43. The first-order chi connectivity index (χ1) is 14.0. The predicted molar refractivity (Wildman–Crippen MR) is 107 cm³/mol. The highest BCUT2D eigenvalue weighted by Crippen LogP contribution is 2.22. The molecule has 7 heteroatoms. The molecular weight excluding hydrogens is 377 g/mol. The fourth-order valence-electron chi connectivity index (χ4n) is 3.79. The Morgan fingerprint density at radius 2 is 1.86 bits per heavy atom. The van der Waals surface area contributed by atoms with Gasteiger partial charge in [0.2, 0.25) is 5.95 Å². The molecule has 2 heterocycles. The maximum atomic E-state index is 13.5. The number of rotatable bonds is 4. The molecule has 0 amide bonds. The molecule has 0 aliphatic carbocycles. The van der Waals surface area contributed by atoms with Crippen LogP contribution in [0.1, 0.15) is 30.5 Å². The van der Waals surface area contributed by atoms with E-state index in [2.05, 4.69) is 20.2 Å². The van der Waals surface area contributed by atoms with Crippen LogP contribution in [-0.4, -0.2) is 29.1 Å². The summed E-state index contributed by atoms with van der Waals surface area (Å²) in [6, 6.07) is 8.85. The Balaban J connectivity index is 1.41. The summed E-state index contributed by atoms with van der Waals surface area (Å²) in [5.74, 6) is -1.27. The molecule has 1 N–H and O–H groups in total. The SMILES string of the molecule is Cc1nc(N2CCC[C@H](NCc3ccc(F)c(F)c3)CC2)nc2ccc(F)cc12. The number of nitrogens with zero attached hydrogens (tertiary/aromatic N) is 3. The Bertz CT molecular complexity index is 1020. The van der Waals surface area contributed by atoms with Gasteiger partial charge < -0.3 is 10.2 Å². The Kier molecular flexibility index (Phi) is 5.67. The van der Waals surface area contributed by atoms with Crippen LogP contribution >= 0.6 is 0 Å². The van der Waals surface area contributed by atoms with E-state index in [-0.39, 0.29) is 11.9 Å². The molecule has 3 aromatic rings. The molecule has 152 valence electrons. The lowest BCUT2D eigenvalue weighted by Crippen LogP contribution is -2.31. The van der Waals surface area contributed by atoms with Crippen molar-refractivity contribution in [3.63, 3.8) is 0 Å². The molecule has 29 heavy (non-hydrogen) atoms. The van der Waals surface area contributed by atoms with Gasteiger partial charge in [-0.2, -0.15) is 0 Å². The first kappa shape index (κ1) is 19.6. The van der Waals surface area contributed by atoms with Gasteiger partial charge in [-0.1, -0.05) is 6.07 Å². The predicted octanol–water partition coefficient (Wildman–Crippen LogP) is 4.50. The van der Waals surface area contributed by atoms with Gasteiger partial charge in [0.1, 0.15) is 5.82 Å². The molecule has 1 aliphatic heterocycles. The lowest BCUT2D eigenvalue weighted by molar-refractivity contribution is 0.466. The van der Waals surface area contributed by atoms with Crippen molar-refractivity contribution in [3.05, 3.63) is 65.1 Å². The minimum atomic E-state index is -0.827. The highest BCUT2D eigenvalue weighted by atomic mass is 19.2. The van der Waals surface area contributed by atoms with Crippen LogP contribution < -0.4 is 10.2 Å². The van der Waals surface area contributed by atoms with Crippen LogP contribution in [-0.2, 0) is 6.54 Å². The third-order valence-corrected chi connectivity index (χ3v) is 5.43. The summed E-state index contributed by atoms with van der Waals surface area (Å²) in [6.45, 7) is 4.01.